The quantitative estimate of drug-likeness (QED) is 0.382. The van der Waals surface area contributed by atoms with Gasteiger partial charge in [0.15, 0.2) is 5.76 Å². The number of benzene rings is 2. The molecule has 0 fully saturated rings. The summed E-state index contributed by atoms with van der Waals surface area (Å²) in [5.41, 5.74) is 0.224. The first-order valence-corrected chi connectivity index (χ1v) is 8.58. The minimum atomic E-state index is -0.818. The van der Waals surface area contributed by atoms with Gasteiger partial charge < -0.3 is 9.47 Å². The van der Waals surface area contributed by atoms with Crippen molar-refractivity contribution in [1.82, 2.24) is 0 Å². The van der Waals surface area contributed by atoms with Crippen LogP contribution in [0.15, 0.2) is 65.7 Å². The van der Waals surface area contributed by atoms with Crippen LogP contribution in [0.4, 0.5) is 4.39 Å². The van der Waals surface area contributed by atoms with Crippen molar-refractivity contribution < 1.29 is 23.5 Å². The zero-order chi connectivity index (χ0) is 18.1. The van der Waals surface area contributed by atoms with Crippen LogP contribution in [0.2, 0.25) is 0 Å². The molecule has 0 unspecified atom stereocenters. The van der Waals surface area contributed by atoms with Gasteiger partial charge in [0.2, 0.25) is 5.78 Å². The fourth-order valence-corrected chi connectivity index (χ4v) is 3.17. The third-order valence-electron chi connectivity index (χ3n) is 3.76. The fraction of sp³-hybridized carbons (Fsp3) is 0. The van der Waals surface area contributed by atoms with Crippen LogP contribution in [0.3, 0.4) is 0 Å². The second-order valence-electron chi connectivity index (χ2n) is 5.48. The van der Waals surface area contributed by atoms with Gasteiger partial charge in [-0.3, -0.25) is 4.79 Å². The number of thiophene rings is 1. The van der Waals surface area contributed by atoms with Crippen LogP contribution in [-0.2, 0) is 0 Å². The predicted octanol–water partition coefficient (Wildman–Crippen LogP) is 4.72. The SMILES string of the molecule is O=C(Oc1ccc2c(c1)OC(=Cc1cccs1)C2=O)c1ccccc1F. The Labute approximate surface area is 152 Å². The Kier molecular flexibility index (Phi) is 4.10. The Bertz CT molecular complexity index is 1040. The molecule has 128 valence electrons. The normalized spacial score (nSPS) is 14.2. The van der Waals surface area contributed by atoms with Crippen molar-refractivity contribution in [2.45, 2.75) is 0 Å². The van der Waals surface area contributed by atoms with E-state index in [1.54, 1.807) is 12.1 Å². The third-order valence-corrected chi connectivity index (χ3v) is 4.58. The number of hydrogen-bond donors (Lipinski definition) is 0. The maximum absolute atomic E-state index is 13.7. The molecule has 0 spiro atoms. The van der Waals surface area contributed by atoms with Crippen molar-refractivity contribution in [3.63, 3.8) is 0 Å². The van der Waals surface area contributed by atoms with Crippen molar-refractivity contribution in [1.29, 1.82) is 0 Å². The first kappa shape index (κ1) is 16.2. The lowest BCUT2D eigenvalue weighted by atomic mass is 10.1. The van der Waals surface area contributed by atoms with Gasteiger partial charge >= 0.3 is 5.97 Å². The molecule has 0 bridgehead atoms. The number of halogens is 1. The Hall–Kier alpha value is -3.25. The summed E-state index contributed by atoms with van der Waals surface area (Å²) < 4.78 is 24.5. The minimum Gasteiger partial charge on any atom is -0.452 e. The summed E-state index contributed by atoms with van der Waals surface area (Å²) in [7, 11) is 0. The van der Waals surface area contributed by atoms with Crippen LogP contribution in [0, 0.1) is 5.82 Å². The Morgan fingerprint density at radius 3 is 2.73 bits per heavy atom. The predicted molar refractivity (Wildman–Crippen MR) is 95.1 cm³/mol. The van der Waals surface area contributed by atoms with E-state index in [1.165, 1.54) is 47.7 Å². The average Bonchev–Trinajstić information content (AvgIpc) is 3.24. The van der Waals surface area contributed by atoms with Gasteiger partial charge in [0.05, 0.1) is 11.1 Å². The van der Waals surface area contributed by atoms with E-state index in [9.17, 15) is 14.0 Å². The smallest absolute Gasteiger partial charge is 0.346 e. The molecule has 2 aromatic carbocycles. The van der Waals surface area contributed by atoms with E-state index < -0.39 is 11.8 Å². The average molecular weight is 366 g/mol. The molecule has 1 aliphatic rings. The number of fused-ring (bicyclic) bond motifs is 1. The molecule has 0 radical (unpaired) electrons. The van der Waals surface area contributed by atoms with Crippen molar-refractivity contribution in [2.24, 2.45) is 0 Å². The molecule has 4 nitrogen and oxygen atoms in total. The van der Waals surface area contributed by atoms with E-state index in [0.717, 1.165) is 4.88 Å². The van der Waals surface area contributed by atoms with Crippen LogP contribution in [-0.4, -0.2) is 11.8 Å². The van der Waals surface area contributed by atoms with Gasteiger partial charge in [0.25, 0.3) is 0 Å². The Morgan fingerprint density at radius 1 is 1.12 bits per heavy atom. The Balaban J connectivity index is 1.57. The molecule has 1 aromatic heterocycles. The topological polar surface area (TPSA) is 52.6 Å². The van der Waals surface area contributed by atoms with Crippen molar-refractivity contribution in [2.75, 3.05) is 0 Å². The van der Waals surface area contributed by atoms with Crippen molar-refractivity contribution in [3.8, 4) is 11.5 Å². The van der Waals surface area contributed by atoms with E-state index in [2.05, 4.69) is 0 Å². The molecule has 0 N–H and O–H groups in total. The first-order chi connectivity index (χ1) is 12.6. The molecule has 0 amide bonds. The highest BCUT2D eigenvalue weighted by Gasteiger charge is 2.28. The maximum Gasteiger partial charge on any atom is 0.346 e. The number of carbonyl (C=O) groups is 2. The summed E-state index contributed by atoms with van der Waals surface area (Å²) >= 11 is 1.49. The fourth-order valence-electron chi connectivity index (χ4n) is 2.52. The van der Waals surface area contributed by atoms with Crippen molar-refractivity contribution in [3.05, 3.63) is 87.6 Å². The lowest BCUT2D eigenvalue weighted by Crippen LogP contribution is -2.10. The number of esters is 1. The Morgan fingerprint density at radius 2 is 1.96 bits per heavy atom. The monoisotopic (exact) mass is 366 g/mol. The zero-order valence-corrected chi connectivity index (χ0v) is 14.1. The van der Waals surface area contributed by atoms with Crippen LogP contribution < -0.4 is 9.47 Å². The summed E-state index contributed by atoms with van der Waals surface area (Å²) in [6, 6.07) is 13.8. The second-order valence-corrected chi connectivity index (χ2v) is 6.46. The summed E-state index contributed by atoms with van der Waals surface area (Å²) in [6.07, 6.45) is 1.66. The molecule has 3 aromatic rings. The van der Waals surface area contributed by atoms with Crippen LogP contribution in [0.25, 0.3) is 6.08 Å². The standard InChI is InChI=1S/C20H11FO4S/c21-16-6-2-1-5-14(16)20(23)24-12-7-8-15-17(10-12)25-18(19(15)22)11-13-4-3-9-26-13/h1-11H. The van der Waals surface area contributed by atoms with Gasteiger partial charge in [-0.2, -0.15) is 0 Å². The number of hydrogen-bond acceptors (Lipinski definition) is 5. The van der Waals surface area contributed by atoms with E-state index in [0.29, 0.717) is 11.3 Å². The summed E-state index contributed by atoms with van der Waals surface area (Å²) in [4.78, 5) is 25.4. The molecule has 4 rings (SSSR count). The number of ketones is 1. The van der Waals surface area contributed by atoms with Crippen LogP contribution in [0.5, 0.6) is 11.5 Å². The van der Waals surface area contributed by atoms with Crippen LogP contribution in [0.1, 0.15) is 25.6 Å². The van der Waals surface area contributed by atoms with E-state index in [1.807, 2.05) is 17.5 Å². The minimum absolute atomic E-state index is 0.164. The second kappa shape index (κ2) is 6.57. The molecule has 26 heavy (non-hydrogen) atoms. The number of Topliss-reactive ketones (excluding diaryl/α,β-unsaturated/α-hetero) is 1. The van der Waals surface area contributed by atoms with Gasteiger partial charge in [-0.25, -0.2) is 9.18 Å². The summed E-state index contributed by atoms with van der Waals surface area (Å²) in [5, 5.41) is 1.90. The van der Waals surface area contributed by atoms with Crippen LogP contribution >= 0.6 is 11.3 Å². The van der Waals surface area contributed by atoms with E-state index in [4.69, 9.17) is 9.47 Å². The molecule has 0 saturated carbocycles. The van der Waals surface area contributed by atoms with Gasteiger partial charge in [0, 0.05) is 17.0 Å². The highest BCUT2D eigenvalue weighted by atomic mass is 32.1. The number of ether oxygens (including phenoxy) is 2. The van der Waals surface area contributed by atoms with E-state index in [-0.39, 0.29) is 22.9 Å². The molecule has 0 atom stereocenters. The van der Waals surface area contributed by atoms with Gasteiger partial charge in [-0.05, 0) is 35.7 Å². The molecule has 0 saturated heterocycles. The summed E-state index contributed by atoms with van der Waals surface area (Å²) in [5.74, 6) is -1.03. The largest absolute Gasteiger partial charge is 0.452 e. The van der Waals surface area contributed by atoms with Gasteiger partial charge in [-0.1, -0.05) is 18.2 Å². The maximum atomic E-state index is 13.7. The number of rotatable bonds is 3. The third kappa shape index (κ3) is 3.02. The molecular formula is C20H11FO4S. The van der Waals surface area contributed by atoms with E-state index >= 15 is 0 Å². The number of carbonyl (C=O) groups excluding carboxylic acids is 2. The molecule has 0 aliphatic carbocycles. The molecule has 1 aliphatic heterocycles. The highest BCUT2D eigenvalue weighted by molar-refractivity contribution is 7.10. The molecule has 2 heterocycles. The first-order valence-electron chi connectivity index (χ1n) is 7.70. The highest BCUT2D eigenvalue weighted by Crippen LogP contribution is 2.35. The van der Waals surface area contributed by atoms with Gasteiger partial charge in [0.1, 0.15) is 17.3 Å². The molecular weight excluding hydrogens is 355 g/mol. The van der Waals surface area contributed by atoms with Gasteiger partial charge in [-0.15, -0.1) is 11.3 Å². The lowest BCUT2D eigenvalue weighted by Gasteiger charge is -2.06. The summed E-state index contributed by atoms with van der Waals surface area (Å²) in [6.45, 7) is 0. The zero-order valence-electron chi connectivity index (χ0n) is 13.3. The van der Waals surface area contributed by atoms with Crippen molar-refractivity contribution >= 4 is 29.2 Å². The molecule has 6 heteroatoms. The number of allylic oxidation sites excluding steroid dienone is 1. The lowest BCUT2D eigenvalue weighted by molar-refractivity contribution is 0.0729.